The fourth-order valence-electron chi connectivity index (χ4n) is 2.00. The van der Waals surface area contributed by atoms with E-state index in [2.05, 4.69) is 4.98 Å². The van der Waals surface area contributed by atoms with Gasteiger partial charge in [-0.15, -0.1) is 0 Å². The Morgan fingerprint density at radius 2 is 1.95 bits per heavy atom. The number of aromatic nitrogens is 2. The minimum absolute atomic E-state index is 0.135. The predicted octanol–water partition coefficient (Wildman–Crippen LogP) is 1.18. The number of unbranched alkanes of at least 4 members (excludes halogenated alkanes) is 2. The molecule has 6 nitrogen and oxygen atoms in total. The molecule has 0 fully saturated rings. The van der Waals surface area contributed by atoms with Gasteiger partial charge in [-0.2, -0.15) is 0 Å². The molecule has 1 heterocycles. The molecule has 19 heavy (non-hydrogen) atoms. The summed E-state index contributed by atoms with van der Waals surface area (Å²) in [5, 5.41) is 10.0. The zero-order valence-corrected chi connectivity index (χ0v) is 11.7. The highest BCUT2D eigenvalue weighted by Crippen LogP contribution is 2.19. The van der Waals surface area contributed by atoms with Gasteiger partial charge in [0, 0.05) is 20.3 Å². The molecule has 2 N–H and O–H groups in total. The van der Waals surface area contributed by atoms with E-state index < -0.39 is 11.2 Å². The second-order valence-electron chi connectivity index (χ2n) is 4.86. The van der Waals surface area contributed by atoms with Crippen LogP contribution < -0.4 is 11.2 Å². The van der Waals surface area contributed by atoms with Gasteiger partial charge in [-0.05, 0) is 25.2 Å². The summed E-state index contributed by atoms with van der Waals surface area (Å²) >= 11 is 0. The van der Waals surface area contributed by atoms with Crippen LogP contribution in [0.25, 0.3) is 0 Å². The Labute approximate surface area is 112 Å². The number of H-pyrrole nitrogens is 1. The zero-order chi connectivity index (χ0) is 14.4. The monoisotopic (exact) mass is 270 g/mol. The van der Waals surface area contributed by atoms with Crippen LogP contribution in [-0.4, -0.2) is 28.4 Å². The fraction of sp³-hybridized carbons (Fsp3) is 0.692. The third-order valence-corrected chi connectivity index (χ3v) is 3.01. The number of methoxy groups -OCH3 is 1. The summed E-state index contributed by atoms with van der Waals surface area (Å²) in [6.07, 6.45) is 2.56. The molecule has 0 spiro atoms. The zero-order valence-electron chi connectivity index (χ0n) is 11.7. The summed E-state index contributed by atoms with van der Waals surface area (Å²) < 4.78 is 6.17. The quantitative estimate of drug-likeness (QED) is 0.729. The molecule has 0 aromatic carbocycles. The van der Waals surface area contributed by atoms with Crippen molar-refractivity contribution in [2.45, 2.75) is 45.6 Å². The molecule has 1 aromatic rings. The highest BCUT2D eigenvalue weighted by Gasteiger charge is 2.16. The third kappa shape index (κ3) is 3.96. The summed E-state index contributed by atoms with van der Waals surface area (Å²) in [7, 11) is 1.65. The fourth-order valence-corrected chi connectivity index (χ4v) is 2.00. The Kier molecular flexibility index (Phi) is 5.82. The first-order chi connectivity index (χ1) is 8.99. The van der Waals surface area contributed by atoms with Crippen molar-refractivity contribution in [2.75, 3.05) is 13.7 Å². The van der Waals surface area contributed by atoms with E-state index in [9.17, 15) is 14.7 Å². The minimum atomic E-state index is -0.557. The molecule has 0 radical (unpaired) electrons. The second-order valence-corrected chi connectivity index (χ2v) is 4.86. The Morgan fingerprint density at radius 1 is 1.26 bits per heavy atom. The van der Waals surface area contributed by atoms with Crippen LogP contribution in [0.5, 0.6) is 5.88 Å². The molecule has 0 bridgehead atoms. The molecule has 0 aliphatic rings. The van der Waals surface area contributed by atoms with Crippen molar-refractivity contribution in [1.82, 2.24) is 9.55 Å². The van der Waals surface area contributed by atoms with Gasteiger partial charge in [-0.25, -0.2) is 4.79 Å². The van der Waals surface area contributed by atoms with Crippen LogP contribution in [0.4, 0.5) is 0 Å². The van der Waals surface area contributed by atoms with E-state index in [1.807, 2.05) is 0 Å². The van der Waals surface area contributed by atoms with Crippen molar-refractivity contribution >= 4 is 0 Å². The Hall–Kier alpha value is -1.56. The van der Waals surface area contributed by atoms with E-state index in [-0.39, 0.29) is 17.4 Å². The maximum absolute atomic E-state index is 11.7. The lowest BCUT2D eigenvalue weighted by Gasteiger charge is -2.13. The lowest BCUT2D eigenvalue weighted by molar-refractivity contribution is 0.191. The van der Waals surface area contributed by atoms with E-state index in [1.54, 1.807) is 21.0 Å². The predicted molar refractivity (Wildman–Crippen MR) is 72.8 cm³/mol. The minimum Gasteiger partial charge on any atom is -0.494 e. The van der Waals surface area contributed by atoms with Gasteiger partial charge in [0.2, 0.25) is 5.88 Å². The van der Waals surface area contributed by atoms with Crippen LogP contribution in [0.3, 0.4) is 0 Å². The molecular weight excluding hydrogens is 248 g/mol. The maximum atomic E-state index is 11.7. The van der Waals surface area contributed by atoms with E-state index >= 15 is 0 Å². The number of hydrogen-bond donors (Lipinski definition) is 2. The number of aromatic amines is 1. The summed E-state index contributed by atoms with van der Waals surface area (Å²) in [5.41, 5.74) is -0.803. The van der Waals surface area contributed by atoms with Crippen LogP contribution in [0.2, 0.25) is 0 Å². The maximum Gasteiger partial charge on any atom is 0.331 e. The molecule has 0 saturated carbocycles. The topological polar surface area (TPSA) is 84.3 Å². The molecule has 6 heteroatoms. The van der Waals surface area contributed by atoms with Crippen LogP contribution in [0, 0.1) is 0 Å². The first-order valence-corrected chi connectivity index (χ1v) is 6.54. The van der Waals surface area contributed by atoms with E-state index in [0.717, 1.165) is 19.3 Å². The first kappa shape index (κ1) is 15.5. The van der Waals surface area contributed by atoms with Crippen molar-refractivity contribution in [1.29, 1.82) is 0 Å². The van der Waals surface area contributed by atoms with Crippen molar-refractivity contribution < 1.29 is 9.84 Å². The number of hydrogen-bond acceptors (Lipinski definition) is 4. The van der Waals surface area contributed by atoms with E-state index in [1.165, 1.54) is 4.57 Å². The van der Waals surface area contributed by atoms with Crippen LogP contribution in [0.1, 0.15) is 44.6 Å². The molecule has 0 atom stereocenters. The first-order valence-electron chi connectivity index (χ1n) is 6.54. The lowest BCUT2D eigenvalue weighted by Crippen LogP contribution is -2.32. The molecule has 1 rings (SSSR count). The Morgan fingerprint density at radius 3 is 2.53 bits per heavy atom. The molecule has 0 aliphatic carbocycles. The third-order valence-electron chi connectivity index (χ3n) is 3.01. The van der Waals surface area contributed by atoms with Crippen LogP contribution in [-0.2, 0) is 11.3 Å². The van der Waals surface area contributed by atoms with E-state index in [0.29, 0.717) is 13.2 Å². The molecule has 0 aliphatic heterocycles. The summed E-state index contributed by atoms with van der Waals surface area (Å²) in [6, 6.07) is 0. The molecule has 108 valence electrons. The molecule has 0 unspecified atom stereocenters. The molecule has 0 saturated heterocycles. The number of rotatable bonds is 7. The average Bonchev–Trinajstić information content (AvgIpc) is 2.31. The van der Waals surface area contributed by atoms with Crippen molar-refractivity contribution in [3.8, 4) is 5.88 Å². The molecule has 1 aromatic heterocycles. The standard InChI is InChI=1S/C13H22N2O4/c1-9(2)10-11(16)14-13(18)15(12(10)17)7-5-4-6-8-19-3/h9,17H,4-8H2,1-3H3,(H,14,16,18). The Balaban J connectivity index is 2.86. The van der Waals surface area contributed by atoms with Gasteiger partial charge in [0.25, 0.3) is 5.56 Å². The number of aromatic hydroxyl groups is 1. The number of ether oxygens (including phenoxy) is 1. The van der Waals surface area contributed by atoms with Gasteiger partial charge >= 0.3 is 5.69 Å². The highest BCUT2D eigenvalue weighted by molar-refractivity contribution is 5.25. The lowest BCUT2D eigenvalue weighted by atomic mass is 10.1. The van der Waals surface area contributed by atoms with Crippen molar-refractivity contribution in [3.05, 3.63) is 26.4 Å². The van der Waals surface area contributed by atoms with Crippen molar-refractivity contribution in [3.63, 3.8) is 0 Å². The smallest absolute Gasteiger partial charge is 0.331 e. The van der Waals surface area contributed by atoms with Crippen molar-refractivity contribution in [2.24, 2.45) is 0 Å². The van der Waals surface area contributed by atoms with Gasteiger partial charge < -0.3 is 9.84 Å². The van der Waals surface area contributed by atoms with Gasteiger partial charge in [0.05, 0.1) is 5.56 Å². The van der Waals surface area contributed by atoms with Crippen LogP contribution in [0.15, 0.2) is 9.59 Å². The summed E-state index contributed by atoms with van der Waals surface area (Å²) in [4.78, 5) is 25.6. The Bertz CT molecular complexity index is 516. The van der Waals surface area contributed by atoms with Gasteiger partial charge in [0.1, 0.15) is 0 Å². The second kappa shape index (κ2) is 7.13. The summed E-state index contributed by atoms with van der Waals surface area (Å²) in [6.45, 7) is 4.68. The SMILES string of the molecule is COCCCCCn1c(O)c(C(C)C)c(=O)[nH]c1=O. The van der Waals surface area contributed by atoms with Gasteiger partial charge in [0.15, 0.2) is 0 Å². The van der Waals surface area contributed by atoms with Gasteiger partial charge in [-0.1, -0.05) is 13.8 Å². The van der Waals surface area contributed by atoms with E-state index in [4.69, 9.17) is 4.74 Å². The average molecular weight is 270 g/mol. The summed E-state index contributed by atoms with van der Waals surface area (Å²) in [5.74, 6) is -0.348. The largest absolute Gasteiger partial charge is 0.494 e. The number of nitrogens with one attached hydrogen (secondary N) is 1. The normalized spacial score (nSPS) is 11.2. The van der Waals surface area contributed by atoms with Crippen LogP contribution >= 0.6 is 0 Å². The highest BCUT2D eigenvalue weighted by atomic mass is 16.5. The molecule has 0 amide bonds. The van der Waals surface area contributed by atoms with Gasteiger partial charge in [-0.3, -0.25) is 14.3 Å². The number of nitrogens with zero attached hydrogens (tertiary/aromatic N) is 1. The molecular formula is C13H22N2O4.